The molecule has 0 saturated heterocycles. The molecule has 2 heterocycles. The molecular weight excluding hydrogens is 448 g/mol. The Morgan fingerprint density at radius 3 is 2.62 bits per heavy atom. The Morgan fingerprint density at radius 1 is 1.00 bits per heavy atom. The third kappa shape index (κ3) is 4.49. The molecule has 0 fully saturated rings. The van der Waals surface area contributed by atoms with Crippen molar-refractivity contribution in [3.63, 3.8) is 0 Å². The molecule has 0 unspecified atom stereocenters. The monoisotopic (exact) mass is 472 g/mol. The van der Waals surface area contributed by atoms with Crippen LogP contribution in [-0.4, -0.2) is 21.4 Å². The number of hydrogen-bond acceptors (Lipinski definition) is 5. The van der Waals surface area contributed by atoms with Crippen LogP contribution < -0.4 is 16.2 Å². The lowest BCUT2D eigenvalue weighted by atomic mass is 9.95. The first-order valence-electron chi connectivity index (χ1n) is 11.3. The lowest BCUT2D eigenvalue weighted by molar-refractivity contribution is -0.116. The molecule has 7 nitrogen and oxygen atoms in total. The fraction of sp³-hybridized carbons (Fsp3) is 0.231. The number of thiophene rings is 1. The Hall–Kier alpha value is -3.78. The predicted molar refractivity (Wildman–Crippen MR) is 133 cm³/mol. The van der Waals surface area contributed by atoms with Gasteiger partial charge in [-0.3, -0.25) is 19.0 Å². The molecule has 1 aliphatic carbocycles. The van der Waals surface area contributed by atoms with Gasteiger partial charge in [-0.2, -0.15) is 0 Å². The zero-order valence-corrected chi connectivity index (χ0v) is 19.4. The third-order valence-corrected chi connectivity index (χ3v) is 7.20. The van der Waals surface area contributed by atoms with Crippen LogP contribution in [0.5, 0.6) is 0 Å². The number of aromatic nitrogens is 2. The fourth-order valence-corrected chi connectivity index (χ4v) is 5.60. The molecule has 4 aromatic rings. The zero-order valence-electron chi connectivity index (χ0n) is 18.5. The van der Waals surface area contributed by atoms with Crippen molar-refractivity contribution >= 4 is 39.1 Å². The molecule has 8 heteroatoms. The van der Waals surface area contributed by atoms with E-state index in [9.17, 15) is 14.4 Å². The van der Waals surface area contributed by atoms with E-state index >= 15 is 0 Å². The highest BCUT2D eigenvalue weighted by Gasteiger charge is 2.26. The number of carbonyl (C=O) groups excluding carboxylic acids is 2. The number of para-hydroxylation sites is 1. The summed E-state index contributed by atoms with van der Waals surface area (Å²) in [6, 6.07) is 16.8. The number of nitrogens with one attached hydrogen (secondary N) is 2. The standard InChI is InChI=1S/C26H24N4O3S/c31-22(15-30-16-28-20-12-6-4-10-18(20)26(30)33)29-25-23(19-11-5-7-13-21(19)34-25)24(32)27-14-17-8-2-1-3-9-17/h1-4,6,8-10,12,16H,5,7,11,13-15H2,(H,27,32)(H,29,31). The van der Waals surface area contributed by atoms with Crippen LogP contribution in [0.4, 0.5) is 5.00 Å². The van der Waals surface area contributed by atoms with E-state index in [0.29, 0.717) is 28.0 Å². The summed E-state index contributed by atoms with van der Waals surface area (Å²) in [4.78, 5) is 44.3. The van der Waals surface area contributed by atoms with E-state index < -0.39 is 0 Å². The van der Waals surface area contributed by atoms with E-state index in [1.54, 1.807) is 18.2 Å². The summed E-state index contributed by atoms with van der Waals surface area (Å²) in [6.07, 6.45) is 5.21. The molecule has 34 heavy (non-hydrogen) atoms. The number of carbonyl (C=O) groups is 2. The summed E-state index contributed by atoms with van der Waals surface area (Å²) in [5.74, 6) is -0.557. The van der Waals surface area contributed by atoms with Crippen LogP contribution in [0, 0.1) is 0 Å². The number of aryl methyl sites for hydroxylation is 1. The number of hydrogen-bond donors (Lipinski definition) is 2. The summed E-state index contributed by atoms with van der Waals surface area (Å²) in [5, 5.41) is 6.91. The predicted octanol–water partition coefficient (Wildman–Crippen LogP) is 3.91. The molecule has 2 aromatic heterocycles. The van der Waals surface area contributed by atoms with Crippen molar-refractivity contribution in [1.29, 1.82) is 0 Å². The summed E-state index contributed by atoms with van der Waals surface area (Å²) >= 11 is 1.46. The maximum atomic E-state index is 13.2. The lowest BCUT2D eigenvalue weighted by Gasteiger charge is -2.13. The molecule has 0 spiro atoms. The smallest absolute Gasteiger partial charge is 0.261 e. The van der Waals surface area contributed by atoms with Gasteiger partial charge in [-0.05, 0) is 48.9 Å². The summed E-state index contributed by atoms with van der Waals surface area (Å²) in [7, 11) is 0. The van der Waals surface area contributed by atoms with Crippen LogP contribution in [0.3, 0.4) is 0 Å². The van der Waals surface area contributed by atoms with Gasteiger partial charge < -0.3 is 10.6 Å². The van der Waals surface area contributed by atoms with E-state index in [-0.39, 0.29) is 23.9 Å². The Labute approximate surface area is 200 Å². The summed E-state index contributed by atoms with van der Waals surface area (Å²) in [6.45, 7) is 0.236. The van der Waals surface area contributed by atoms with Crippen molar-refractivity contribution in [3.05, 3.63) is 92.8 Å². The highest BCUT2D eigenvalue weighted by Crippen LogP contribution is 2.38. The van der Waals surface area contributed by atoms with Crippen LogP contribution in [0.2, 0.25) is 0 Å². The number of benzene rings is 2. The normalized spacial score (nSPS) is 12.8. The maximum absolute atomic E-state index is 13.2. The molecule has 2 aromatic carbocycles. The van der Waals surface area contributed by atoms with Gasteiger partial charge in [-0.1, -0.05) is 42.5 Å². The van der Waals surface area contributed by atoms with Gasteiger partial charge in [0.25, 0.3) is 11.5 Å². The van der Waals surface area contributed by atoms with E-state index in [4.69, 9.17) is 0 Å². The minimum absolute atomic E-state index is 0.176. The van der Waals surface area contributed by atoms with Crippen LogP contribution >= 0.6 is 11.3 Å². The molecule has 2 amide bonds. The van der Waals surface area contributed by atoms with E-state index in [1.807, 2.05) is 36.4 Å². The first-order valence-corrected chi connectivity index (χ1v) is 12.1. The molecule has 0 bridgehead atoms. The molecular formula is C26H24N4O3S. The molecule has 0 atom stereocenters. The van der Waals surface area contributed by atoms with Crippen molar-refractivity contribution in [1.82, 2.24) is 14.9 Å². The quantitative estimate of drug-likeness (QED) is 0.445. The molecule has 0 radical (unpaired) electrons. The first-order chi connectivity index (χ1) is 16.6. The molecule has 0 aliphatic heterocycles. The van der Waals surface area contributed by atoms with Gasteiger partial charge in [0.1, 0.15) is 11.5 Å². The second-order valence-corrected chi connectivity index (χ2v) is 9.43. The van der Waals surface area contributed by atoms with Gasteiger partial charge in [0.05, 0.1) is 22.8 Å². The van der Waals surface area contributed by atoms with Crippen molar-refractivity contribution in [2.24, 2.45) is 0 Å². The maximum Gasteiger partial charge on any atom is 0.261 e. The molecule has 1 aliphatic rings. The number of rotatable bonds is 6. The topological polar surface area (TPSA) is 93.1 Å². The lowest BCUT2D eigenvalue weighted by Crippen LogP contribution is -2.29. The van der Waals surface area contributed by atoms with E-state index in [1.165, 1.54) is 22.2 Å². The minimum Gasteiger partial charge on any atom is -0.348 e. The Kier molecular flexibility index (Phi) is 6.22. The second-order valence-electron chi connectivity index (χ2n) is 8.33. The largest absolute Gasteiger partial charge is 0.348 e. The van der Waals surface area contributed by atoms with Crippen molar-refractivity contribution in [2.45, 2.75) is 38.8 Å². The van der Waals surface area contributed by atoms with Crippen LogP contribution in [0.15, 0.2) is 65.7 Å². The number of amides is 2. The van der Waals surface area contributed by atoms with E-state index in [0.717, 1.165) is 41.7 Å². The molecule has 0 saturated carbocycles. The van der Waals surface area contributed by atoms with Gasteiger partial charge in [0.15, 0.2) is 0 Å². The number of fused-ring (bicyclic) bond motifs is 2. The SMILES string of the molecule is O=C(Cn1cnc2ccccc2c1=O)Nc1sc2c(c1C(=O)NCc1ccccc1)CCCC2. The minimum atomic E-state index is -0.366. The zero-order chi connectivity index (χ0) is 23.5. The van der Waals surface area contributed by atoms with Gasteiger partial charge >= 0.3 is 0 Å². The fourth-order valence-electron chi connectivity index (χ4n) is 4.30. The number of nitrogens with zero attached hydrogens (tertiary/aromatic N) is 2. The summed E-state index contributed by atoms with van der Waals surface area (Å²) < 4.78 is 1.29. The van der Waals surface area contributed by atoms with Crippen LogP contribution in [0.25, 0.3) is 10.9 Å². The van der Waals surface area contributed by atoms with Gasteiger partial charge in [0.2, 0.25) is 5.91 Å². The van der Waals surface area contributed by atoms with Crippen molar-refractivity contribution in [2.75, 3.05) is 5.32 Å². The number of anilines is 1. The van der Waals surface area contributed by atoms with Gasteiger partial charge in [0, 0.05) is 11.4 Å². The third-order valence-electron chi connectivity index (χ3n) is 5.99. The van der Waals surface area contributed by atoms with Gasteiger partial charge in [-0.15, -0.1) is 11.3 Å². The van der Waals surface area contributed by atoms with Gasteiger partial charge in [-0.25, -0.2) is 4.98 Å². The highest BCUT2D eigenvalue weighted by molar-refractivity contribution is 7.17. The van der Waals surface area contributed by atoms with Crippen molar-refractivity contribution < 1.29 is 9.59 Å². The van der Waals surface area contributed by atoms with Crippen molar-refractivity contribution in [3.8, 4) is 0 Å². The first kappa shape index (κ1) is 22.0. The van der Waals surface area contributed by atoms with E-state index in [2.05, 4.69) is 15.6 Å². The highest BCUT2D eigenvalue weighted by atomic mass is 32.1. The average molecular weight is 473 g/mol. The molecule has 172 valence electrons. The second kappa shape index (κ2) is 9.61. The Bertz CT molecular complexity index is 1430. The Balaban J connectivity index is 1.37. The van der Waals surface area contributed by atoms with Crippen LogP contribution in [0.1, 0.15) is 39.2 Å². The Morgan fingerprint density at radius 2 is 1.76 bits per heavy atom. The average Bonchev–Trinajstić information content (AvgIpc) is 3.23. The molecule has 2 N–H and O–H groups in total. The molecule has 5 rings (SSSR count). The summed E-state index contributed by atoms with van der Waals surface area (Å²) in [5.41, 5.74) is 2.91. The van der Waals surface area contributed by atoms with Crippen LogP contribution in [-0.2, 0) is 30.7 Å².